The lowest BCUT2D eigenvalue weighted by Crippen LogP contribution is -2.31. The molecule has 0 spiro atoms. The van der Waals surface area contributed by atoms with E-state index in [1.807, 2.05) is 17.0 Å². The fourth-order valence-corrected chi connectivity index (χ4v) is 3.16. The van der Waals surface area contributed by atoms with Gasteiger partial charge in [-0.3, -0.25) is 4.79 Å². The van der Waals surface area contributed by atoms with Gasteiger partial charge in [-0.1, -0.05) is 6.07 Å². The quantitative estimate of drug-likeness (QED) is 0.789. The number of imidazole rings is 1. The SMILES string of the molecule is Cc1ccc2nc(C3CCCN3C(=O)c3cccnn3)[nH]c2c1. The summed E-state index contributed by atoms with van der Waals surface area (Å²) in [5, 5.41) is 7.73. The summed E-state index contributed by atoms with van der Waals surface area (Å²) in [6, 6.07) is 9.54. The number of rotatable bonds is 2. The zero-order valence-corrected chi connectivity index (χ0v) is 12.9. The molecule has 1 unspecified atom stereocenters. The Morgan fingerprint density at radius 2 is 2.26 bits per heavy atom. The summed E-state index contributed by atoms with van der Waals surface area (Å²) < 4.78 is 0. The van der Waals surface area contributed by atoms with Crippen LogP contribution in [0.3, 0.4) is 0 Å². The van der Waals surface area contributed by atoms with Crippen molar-refractivity contribution in [3.8, 4) is 0 Å². The number of likely N-dealkylation sites (tertiary alicyclic amines) is 1. The molecule has 1 aliphatic rings. The molecule has 0 aliphatic carbocycles. The molecule has 4 rings (SSSR count). The van der Waals surface area contributed by atoms with Gasteiger partial charge in [0.05, 0.1) is 17.1 Å². The van der Waals surface area contributed by atoms with Gasteiger partial charge in [0.1, 0.15) is 5.82 Å². The molecule has 0 saturated carbocycles. The zero-order chi connectivity index (χ0) is 15.8. The molecular formula is C17H17N5O. The summed E-state index contributed by atoms with van der Waals surface area (Å²) in [6.07, 6.45) is 3.44. The first-order chi connectivity index (χ1) is 11.2. The number of hydrogen-bond donors (Lipinski definition) is 1. The van der Waals surface area contributed by atoms with E-state index >= 15 is 0 Å². The zero-order valence-electron chi connectivity index (χ0n) is 12.9. The molecule has 1 aliphatic heterocycles. The standard InChI is InChI=1S/C17H17N5O/c1-11-6-7-12-14(10-11)20-16(19-12)15-5-3-9-22(15)17(23)13-4-2-8-18-21-13/h2,4,6-8,10,15H,3,5,9H2,1H3,(H,19,20). The van der Waals surface area contributed by atoms with E-state index in [0.29, 0.717) is 5.69 Å². The third-order valence-electron chi connectivity index (χ3n) is 4.28. The Hall–Kier alpha value is -2.76. The number of carbonyl (C=O) groups is 1. The minimum absolute atomic E-state index is 0.0304. The summed E-state index contributed by atoms with van der Waals surface area (Å²) in [4.78, 5) is 22.6. The van der Waals surface area contributed by atoms with Gasteiger partial charge in [-0.25, -0.2) is 4.98 Å². The predicted molar refractivity (Wildman–Crippen MR) is 85.9 cm³/mol. The maximum atomic E-state index is 12.7. The van der Waals surface area contributed by atoms with E-state index in [-0.39, 0.29) is 11.9 Å². The summed E-state index contributed by atoms with van der Waals surface area (Å²) in [5.41, 5.74) is 3.51. The summed E-state index contributed by atoms with van der Waals surface area (Å²) >= 11 is 0. The van der Waals surface area contributed by atoms with Crippen LogP contribution in [0.2, 0.25) is 0 Å². The van der Waals surface area contributed by atoms with Crippen molar-refractivity contribution in [3.05, 3.63) is 53.6 Å². The van der Waals surface area contributed by atoms with Gasteiger partial charge in [-0.15, -0.1) is 5.10 Å². The van der Waals surface area contributed by atoms with E-state index in [0.717, 1.165) is 36.2 Å². The molecule has 2 aromatic heterocycles. The van der Waals surface area contributed by atoms with Gasteiger partial charge in [0.2, 0.25) is 0 Å². The van der Waals surface area contributed by atoms with Crippen molar-refractivity contribution in [2.45, 2.75) is 25.8 Å². The van der Waals surface area contributed by atoms with E-state index in [4.69, 9.17) is 0 Å². The third-order valence-corrected chi connectivity index (χ3v) is 4.28. The first-order valence-corrected chi connectivity index (χ1v) is 7.77. The summed E-state index contributed by atoms with van der Waals surface area (Å²) in [7, 11) is 0. The average molecular weight is 307 g/mol. The van der Waals surface area contributed by atoms with Gasteiger partial charge in [-0.2, -0.15) is 5.10 Å². The van der Waals surface area contributed by atoms with E-state index < -0.39 is 0 Å². The van der Waals surface area contributed by atoms with Crippen LogP contribution in [0, 0.1) is 6.92 Å². The maximum absolute atomic E-state index is 12.7. The highest BCUT2D eigenvalue weighted by Crippen LogP contribution is 2.32. The number of aromatic amines is 1. The first-order valence-electron chi connectivity index (χ1n) is 7.77. The second kappa shape index (κ2) is 5.46. The van der Waals surface area contributed by atoms with Crippen LogP contribution in [0.4, 0.5) is 0 Å². The lowest BCUT2D eigenvalue weighted by Gasteiger charge is -2.22. The molecule has 3 aromatic rings. The molecule has 6 nitrogen and oxygen atoms in total. The fourth-order valence-electron chi connectivity index (χ4n) is 3.16. The largest absolute Gasteiger partial charge is 0.340 e. The van der Waals surface area contributed by atoms with Crippen molar-refractivity contribution in [1.29, 1.82) is 0 Å². The molecule has 1 atom stereocenters. The Balaban J connectivity index is 1.67. The summed E-state index contributed by atoms with van der Waals surface area (Å²) in [5.74, 6) is 0.762. The molecule has 1 aromatic carbocycles. The van der Waals surface area contributed by atoms with E-state index in [2.05, 4.69) is 33.2 Å². The smallest absolute Gasteiger partial charge is 0.274 e. The average Bonchev–Trinajstić information content (AvgIpc) is 3.20. The van der Waals surface area contributed by atoms with Crippen LogP contribution in [0.15, 0.2) is 36.5 Å². The van der Waals surface area contributed by atoms with Crippen LogP contribution >= 0.6 is 0 Å². The van der Waals surface area contributed by atoms with Crippen LogP contribution in [0.25, 0.3) is 11.0 Å². The number of carbonyl (C=O) groups excluding carboxylic acids is 1. The molecule has 3 heterocycles. The van der Waals surface area contributed by atoms with Gasteiger partial charge in [0, 0.05) is 12.7 Å². The maximum Gasteiger partial charge on any atom is 0.274 e. The lowest BCUT2D eigenvalue weighted by molar-refractivity contribution is 0.0723. The van der Waals surface area contributed by atoms with Crippen molar-refractivity contribution in [3.63, 3.8) is 0 Å². The number of amides is 1. The number of benzene rings is 1. The van der Waals surface area contributed by atoms with Crippen molar-refractivity contribution in [2.24, 2.45) is 0 Å². The minimum Gasteiger partial charge on any atom is -0.340 e. The van der Waals surface area contributed by atoms with Crippen LogP contribution in [-0.4, -0.2) is 37.5 Å². The van der Waals surface area contributed by atoms with Gasteiger partial charge >= 0.3 is 0 Å². The molecule has 0 bridgehead atoms. The molecule has 1 N–H and O–H groups in total. The Morgan fingerprint density at radius 1 is 1.35 bits per heavy atom. The molecule has 1 fully saturated rings. The fraction of sp³-hybridized carbons (Fsp3) is 0.294. The molecule has 1 amide bonds. The second-order valence-corrected chi connectivity index (χ2v) is 5.91. The predicted octanol–water partition coefficient (Wildman–Crippen LogP) is 2.64. The van der Waals surface area contributed by atoms with Gasteiger partial charge in [0.25, 0.3) is 5.91 Å². The first kappa shape index (κ1) is 13.9. The third kappa shape index (κ3) is 2.46. The molecular weight excluding hydrogens is 290 g/mol. The Bertz CT molecular complexity index is 858. The van der Waals surface area contributed by atoms with E-state index in [1.54, 1.807) is 18.3 Å². The van der Waals surface area contributed by atoms with Crippen LogP contribution in [0.5, 0.6) is 0 Å². The van der Waals surface area contributed by atoms with Gasteiger partial charge < -0.3 is 9.88 Å². The molecule has 6 heteroatoms. The van der Waals surface area contributed by atoms with Crippen molar-refractivity contribution >= 4 is 16.9 Å². The number of aromatic nitrogens is 4. The van der Waals surface area contributed by atoms with Crippen LogP contribution in [0.1, 0.15) is 40.8 Å². The van der Waals surface area contributed by atoms with E-state index in [9.17, 15) is 4.79 Å². The molecule has 1 saturated heterocycles. The van der Waals surface area contributed by atoms with Crippen molar-refractivity contribution in [2.75, 3.05) is 6.54 Å². The lowest BCUT2D eigenvalue weighted by atomic mass is 10.2. The molecule has 116 valence electrons. The van der Waals surface area contributed by atoms with Crippen molar-refractivity contribution in [1.82, 2.24) is 25.1 Å². The minimum atomic E-state index is -0.0859. The van der Waals surface area contributed by atoms with Crippen LogP contribution < -0.4 is 0 Å². The second-order valence-electron chi connectivity index (χ2n) is 5.91. The highest BCUT2D eigenvalue weighted by Gasteiger charge is 2.33. The highest BCUT2D eigenvalue weighted by molar-refractivity contribution is 5.92. The number of nitrogens with zero attached hydrogens (tertiary/aromatic N) is 4. The summed E-state index contributed by atoms with van der Waals surface area (Å²) in [6.45, 7) is 2.77. The van der Waals surface area contributed by atoms with Gasteiger partial charge in [-0.05, 0) is 49.6 Å². The Morgan fingerprint density at radius 3 is 3.09 bits per heavy atom. The normalized spacial score (nSPS) is 17.8. The number of fused-ring (bicyclic) bond motifs is 1. The highest BCUT2D eigenvalue weighted by atomic mass is 16.2. The number of H-pyrrole nitrogens is 1. The number of aryl methyl sites for hydroxylation is 1. The van der Waals surface area contributed by atoms with E-state index in [1.165, 1.54) is 5.56 Å². The number of hydrogen-bond acceptors (Lipinski definition) is 4. The number of nitrogens with one attached hydrogen (secondary N) is 1. The Labute approximate surface area is 133 Å². The van der Waals surface area contributed by atoms with Crippen molar-refractivity contribution < 1.29 is 4.79 Å². The topological polar surface area (TPSA) is 74.8 Å². The monoisotopic (exact) mass is 307 g/mol. The van der Waals surface area contributed by atoms with Crippen LogP contribution in [-0.2, 0) is 0 Å². The van der Waals surface area contributed by atoms with Gasteiger partial charge in [0.15, 0.2) is 5.69 Å². The Kier molecular flexibility index (Phi) is 3.29. The molecule has 0 radical (unpaired) electrons. The molecule has 23 heavy (non-hydrogen) atoms.